The predicted octanol–water partition coefficient (Wildman–Crippen LogP) is 2.47. The van der Waals surface area contributed by atoms with Crippen LogP contribution in [0.3, 0.4) is 0 Å². The molecule has 1 aromatic carbocycles. The van der Waals surface area contributed by atoms with Crippen LogP contribution >= 0.6 is 0 Å². The number of fused-ring (bicyclic) bond motifs is 3. The topological polar surface area (TPSA) is 25.2 Å². The highest BCUT2D eigenvalue weighted by molar-refractivity contribution is 5.82. The van der Waals surface area contributed by atoms with E-state index in [-0.39, 0.29) is 0 Å². The highest BCUT2D eigenvalue weighted by atomic mass is 16.3. The Hall–Kier alpha value is -1.28. The minimum absolute atomic E-state index is 0.879. The van der Waals surface area contributed by atoms with Crippen molar-refractivity contribution >= 4 is 11.0 Å². The van der Waals surface area contributed by atoms with Crippen LogP contribution in [0.15, 0.2) is 28.7 Å². The van der Waals surface area contributed by atoms with Crippen LogP contribution in [-0.2, 0) is 13.0 Å². The van der Waals surface area contributed by atoms with Crippen LogP contribution in [0.1, 0.15) is 17.7 Å². The summed E-state index contributed by atoms with van der Waals surface area (Å²) in [4.78, 5) is 0. The molecule has 1 aromatic heterocycles. The highest BCUT2D eigenvalue weighted by Crippen LogP contribution is 2.27. The van der Waals surface area contributed by atoms with E-state index in [4.69, 9.17) is 4.42 Å². The Morgan fingerprint density at radius 3 is 3.14 bits per heavy atom. The van der Waals surface area contributed by atoms with Gasteiger partial charge in [-0.25, -0.2) is 0 Å². The molecule has 0 aliphatic carbocycles. The number of rotatable bonds is 0. The van der Waals surface area contributed by atoms with Crippen molar-refractivity contribution in [2.24, 2.45) is 0 Å². The maximum Gasteiger partial charge on any atom is 0.134 e. The molecule has 2 aromatic rings. The lowest BCUT2D eigenvalue weighted by Crippen LogP contribution is -2.11. The largest absolute Gasteiger partial charge is 0.459 e. The summed E-state index contributed by atoms with van der Waals surface area (Å²) in [6, 6.07) is 8.31. The summed E-state index contributed by atoms with van der Waals surface area (Å²) in [7, 11) is 0. The van der Waals surface area contributed by atoms with Gasteiger partial charge in [-0.2, -0.15) is 0 Å². The molecule has 0 radical (unpaired) electrons. The number of benzene rings is 1. The monoisotopic (exact) mass is 187 g/mol. The van der Waals surface area contributed by atoms with Crippen molar-refractivity contribution in [3.63, 3.8) is 0 Å². The second-order valence-corrected chi connectivity index (χ2v) is 3.78. The lowest BCUT2D eigenvalue weighted by atomic mass is 10.1. The van der Waals surface area contributed by atoms with Gasteiger partial charge in [0, 0.05) is 10.9 Å². The predicted molar refractivity (Wildman–Crippen MR) is 56.2 cm³/mol. The molecule has 1 aliphatic rings. The SMILES string of the molecule is c1ccc2c3c(oc2c1)CNCCC3. The van der Waals surface area contributed by atoms with Crippen molar-refractivity contribution in [2.45, 2.75) is 19.4 Å². The molecule has 1 N–H and O–H groups in total. The molecule has 2 nitrogen and oxygen atoms in total. The zero-order valence-corrected chi connectivity index (χ0v) is 8.05. The van der Waals surface area contributed by atoms with Crippen molar-refractivity contribution in [3.05, 3.63) is 35.6 Å². The first kappa shape index (κ1) is 8.06. The average Bonchev–Trinajstić information content (AvgIpc) is 2.42. The van der Waals surface area contributed by atoms with Crippen LogP contribution < -0.4 is 5.32 Å². The molecule has 0 amide bonds. The standard InChI is InChI=1S/C12H13NO/c1-2-6-11-9(4-1)10-5-3-7-13-8-12(10)14-11/h1-2,4,6,13H,3,5,7-8H2. The zero-order chi connectivity index (χ0) is 9.38. The minimum atomic E-state index is 0.879. The first-order valence-electron chi connectivity index (χ1n) is 5.15. The molecule has 0 atom stereocenters. The Labute approximate surface area is 82.9 Å². The Morgan fingerprint density at radius 2 is 2.14 bits per heavy atom. The van der Waals surface area contributed by atoms with Crippen molar-refractivity contribution < 1.29 is 4.42 Å². The fourth-order valence-corrected chi connectivity index (χ4v) is 2.16. The fourth-order valence-electron chi connectivity index (χ4n) is 2.16. The number of hydrogen-bond donors (Lipinski definition) is 1. The summed E-state index contributed by atoms with van der Waals surface area (Å²) in [6.07, 6.45) is 2.34. The molecule has 2 heterocycles. The molecular weight excluding hydrogens is 174 g/mol. The molecule has 14 heavy (non-hydrogen) atoms. The molecule has 3 rings (SSSR count). The van der Waals surface area contributed by atoms with Crippen molar-refractivity contribution in [1.29, 1.82) is 0 Å². The maximum atomic E-state index is 5.81. The van der Waals surface area contributed by atoms with Gasteiger partial charge < -0.3 is 9.73 Å². The number of furan rings is 1. The van der Waals surface area contributed by atoms with Gasteiger partial charge in [0.1, 0.15) is 11.3 Å². The minimum Gasteiger partial charge on any atom is -0.459 e. The van der Waals surface area contributed by atoms with Gasteiger partial charge in [0.05, 0.1) is 6.54 Å². The van der Waals surface area contributed by atoms with Crippen LogP contribution in [-0.4, -0.2) is 6.54 Å². The third-order valence-electron chi connectivity index (χ3n) is 2.85. The molecule has 1 aliphatic heterocycles. The third kappa shape index (κ3) is 1.15. The zero-order valence-electron chi connectivity index (χ0n) is 8.05. The van der Waals surface area contributed by atoms with Crippen molar-refractivity contribution in [3.8, 4) is 0 Å². The molecular formula is C12H13NO. The van der Waals surface area contributed by atoms with E-state index >= 15 is 0 Å². The van der Waals surface area contributed by atoms with E-state index in [1.165, 1.54) is 17.4 Å². The van der Waals surface area contributed by atoms with E-state index < -0.39 is 0 Å². The Bertz CT molecular complexity index is 458. The lowest BCUT2D eigenvalue weighted by Gasteiger charge is -1.94. The first-order chi connectivity index (χ1) is 6.95. The van der Waals surface area contributed by atoms with Gasteiger partial charge >= 0.3 is 0 Å². The Morgan fingerprint density at radius 1 is 1.21 bits per heavy atom. The molecule has 0 saturated heterocycles. The summed E-state index contributed by atoms with van der Waals surface area (Å²) in [5.74, 6) is 1.13. The molecule has 0 spiro atoms. The quantitative estimate of drug-likeness (QED) is 0.685. The van der Waals surface area contributed by atoms with Gasteiger partial charge in [-0.15, -0.1) is 0 Å². The van der Waals surface area contributed by atoms with Gasteiger partial charge in [0.15, 0.2) is 0 Å². The van der Waals surface area contributed by atoms with E-state index in [1.807, 2.05) is 12.1 Å². The number of hydrogen-bond acceptors (Lipinski definition) is 2. The summed E-state index contributed by atoms with van der Waals surface area (Å²) >= 11 is 0. The van der Waals surface area contributed by atoms with Crippen LogP contribution in [0.5, 0.6) is 0 Å². The van der Waals surface area contributed by atoms with E-state index in [9.17, 15) is 0 Å². The second kappa shape index (κ2) is 3.14. The van der Waals surface area contributed by atoms with Gasteiger partial charge in [0.25, 0.3) is 0 Å². The number of para-hydroxylation sites is 1. The summed E-state index contributed by atoms with van der Waals surface area (Å²) in [5, 5.41) is 4.67. The van der Waals surface area contributed by atoms with E-state index in [2.05, 4.69) is 17.4 Å². The van der Waals surface area contributed by atoms with Crippen molar-refractivity contribution in [1.82, 2.24) is 5.32 Å². The summed E-state index contributed by atoms with van der Waals surface area (Å²) < 4.78 is 5.81. The highest BCUT2D eigenvalue weighted by Gasteiger charge is 2.15. The van der Waals surface area contributed by atoms with Crippen LogP contribution in [0.2, 0.25) is 0 Å². The van der Waals surface area contributed by atoms with Crippen LogP contribution in [0, 0.1) is 0 Å². The average molecular weight is 187 g/mol. The number of nitrogens with one attached hydrogen (secondary N) is 1. The third-order valence-corrected chi connectivity index (χ3v) is 2.85. The molecule has 0 unspecified atom stereocenters. The molecule has 0 saturated carbocycles. The Kier molecular flexibility index (Phi) is 1.81. The maximum absolute atomic E-state index is 5.81. The first-order valence-corrected chi connectivity index (χ1v) is 5.15. The van der Waals surface area contributed by atoms with Gasteiger partial charge in [0.2, 0.25) is 0 Å². The van der Waals surface area contributed by atoms with E-state index in [0.717, 1.165) is 30.9 Å². The van der Waals surface area contributed by atoms with Gasteiger partial charge in [-0.05, 0) is 25.5 Å². The van der Waals surface area contributed by atoms with Crippen molar-refractivity contribution in [2.75, 3.05) is 6.54 Å². The van der Waals surface area contributed by atoms with E-state index in [1.54, 1.807) is 0 Å². The van der Waals surface area contributed by atoms with Gasteiger partial charge in [-0.3, -0.25) is 0 Å². The molecule has 72 valence electrons. The lowest BCUT2D eigenvalue weighted by molar-refractivity contribution is 0.521. The number of aryl methyl sites for hydroxylation is 1. The molecule has 0 fully saturated rings. The second-order valence-electron chi connectivity index (χ2n) is 3.78. The van der Waals surface area contributed by atoms with Crippen LogP contribution in [0.4, 0.5) is 0 Å². The fraction of sp³-hybridized carbons (Fsp3) is 0.333. The summed E-state index contributed by atoms with van der Waals surface area (Å²) in [6.45, 7) is 1.97. The summed E-state index contributed by atoms with van der Waals surface area (Å²) in [5.41, 5.74) is 2.44. The van der Waals surface area contributed by atoms with Gasteiger partial charge in [-0.1, -0.05) is 18.2 Å². The molecule has 0 bridgehead atoms. The molecule has 2 heteroatoms. The smallest absolute Gasteiger partial charge is 0.134 e. The Balaban J connectivity index is 2.24. The normalized spacial score (nSPS) is 16.6. The van der Waals surface area contributed by atoms with Crippen LogP contribution in [0.25, 0.3) is 11.0 Å². The van der Waals surface area contributed by atoms with E-state index in [0.29, 0.717) is 0 Å².